The molecule has 0 aliphatic carbocycles. The van der Waals surface area contributed by atoms with Gasteiger partial charge in [-0.1, -0.05) is 41.4 Å². The van der Waals surface area contributed by atoms with Crippen LogP contribution in [0, 0.1) is 10.1 Å². The monoisotopic (exact) mass is 337 g/mol. The smallest absolute Gasteiger partial charge is 0.270 e. The van der Waals surface area contributed by atoms with Gasteiger partial charge in [0.15, 0.2) is 0 Å². The van der Waals surface area contributed by atoms with Gasteiger partial charge in [-0.05, 0) is 19.1 Å². The maximum Gasteiger partial charge on any atom is 0.270 e. The maximum atomic E-state index is 10.8. The van der Waals surface area contributed by atoms with Crippen molar-refractivity contribution < 1.29 is 4.92 Å². The third-order valence-corrected chi connectivity index (χ3v) is 3.75. The first kappa shape index (κ1) is 16.3. The Morgan fingerprint density at radius 1 is 1.23 bits per heavy atom. The molecule has 0 unspecified atom stereocenters. The number of hydrogen-bond acceptors (Lipinski definition) is 4. The van der Waals surface area contributed by atoms with Gasteiger partial charge in [-0.25, -0.2) is 0 Å². The van der Waals surface area contributed by atoms with E-state index in [1.54, 1.807) is 37.3 Å². The first-order chi connectivity index (χ1) is 10.5. The normalized spacial score (nSPS) is 11.3. The van der Waals surface area contributed by atoms with Gasteiger partial charge in [0.2, 0.25) is 0 Å². The molecule has 22 heavy (non-hydrogen) atoms. The van der Waals surface area contributed by atoms with Gasteiger partial charge < -0.3 is 5.43 Å². The molecule has 0 spiro atoms. The zero-order valence-corrected chi connectivity index (χ0v) is 13.2. The largest absolute Gasteiger partial charge is 0.305 e. The summed E-state index contributed by atoms with van der Waals surface area (Å²) in [4.78, 5) is 10.3. The Labute approximate surface area is 137 Å². The van der Waals surface area contributed by atoms with Crippen LogP contribution in [0.3, 0.4) is 0 Å². The van der Waals surface area contributed by atoms with Crippen molar-refractivity contribution >= 4 is 34.6 Å². The molecule has 0 fully saturated rings. The second-order valence-electron chi connectivity index (χ2n) is 4.54. The van der Waals surface area contributed by atoms with Crippen molar-refractivity contribution in [2.24, 2.45) is 5.10 Å². The van der Waals surface area contributed by atoms with Crippen LogP contribution in [-0.2, 0) is 6.54 Å². The van der Waals surface area contributed by atoms with Crippen LogP contribution in [0.25, 0.3) is 0 Å². The van der Waals surface area contributed by atoms with E-state index in [-0.39, 0.29) is 5.69 Å². The van der Waals surface area contributed by atoms with Gasteiger partial charge >= 0.3 is 0 Å². The number of non-ortho nitro benzene ring substituents is 1. The quantitative estimate of drug-likeness (QED) is 0.499. The van der Waals surface area contributed by atoms with E-state index in [2.05, 4.69) is 10.5 Å². The highest BCUT2D eigenvalue weighted by atomic mass is 35.5. The van der Waals surface area contributed by atoms with Gasteiger partial charge in [0, 0.05) is 33.3 Å². The highest BCUT2D eigenvalue weighted by molar-refractivity contribution is 6.35. The van der Waals surface area contributed by atoms with Crippen LogP contribution < -0.4 is 5.43 Å². The van der Waals surface area contributed by atoms with E-state index in [4.69, 9.17) is 23.2 Å². The van der Waals surface area contributed by atoms with E-state index in [1.807, 2.05) is 0 Å². The minimum absolute atomic E-state index is 0.0289. The molecular formula is C15H13Cl2N3O2. The lowest BCUT2D eigenvalue weighted by Crippen LogP contribution is -2.10. The number of hydrazone groups is 1. The summed E-state index contributed by atoms with van der Waals surface area (Å²) >= 11 is 12.1. The fraction of sp³-hybridized carbons (Fsp3) is 0.133. The summed E-state index contributed by atoms with van der Waals surface area (Å²) in [6.07, 6.45) is 0. The van der Waals surface area contributed by atoms with E-state index in [9.17, 15) is 10.1 Å². The highest BCUT2D eigenvalue weighted by Crippen LogP contribution is 2.23. The molecule has 114 valence electrons. The van der Waals surface area contributed by atoms with Crippen molar-refractivity contribution in [1.29, 1.82) is 0 Å². The van der Waals surface area contributed by atoms with E-state index in [1.165, 1.54) is 12.1 Å². The van der Waals surface area contributed by atoms with Crippen molar-refractivity contribution in [1.82, 2.24) is 5.43 Å². The van der Waals surface area contributed by atoms with Crippen LogP contribution in [0.15, 0.2) is 47.6 Å². The first-order valence-corrected chi connectivity index (χ1v) is 7.19. The van der Waals surface area contributed by atoms with E-state index < -0.39 is 4.92 Å². The fourth-order valence-electron chi connectivity index (χ4n) is 1.85. The second-order valence-corrected chi connectivity index (χ2v) is 5.35. The summed E-state index contributed by atoms with van der Waals surface area (Å²) in [7, 11) is 0. The molecule has 0 aliphatic heterocycles. The Morgan fingerprint density at radius 2 is 1.86 bits per heavy atom. The molecule has 0 atom stereocenters. The molecular weight excluding hydrogens is 325 g/mol. The number of halogens is 2. The van der Waals surface area contributed by atoms with E-state index in [0.29, 0.717) is 27.9 Å². The Hall–Kier alpha value is -2.11. The third-order valence-electron chi connectivity index (χ3n) is 3.04. The molecule has 2 aromatic carbocycles. The molecule has 0 bridgehead atoms. The van der Waals surface area contributed by atoms with Gasteiger partial charge in [-0.15, -0.1) is 0 Å². The molecule has 2 aromatic rings. The average molecular weight is 338 g/mol. The molecule has 2 rings (SSSR count). The first-order valence-electron chi connectivity index (χ1n) is 6.44. The van der Waals surface area contributed by atoms with Crippen molar-refractivity contribution in [2.45, 2.75) is 13.5 Å². The average Bonchev–Trinajstić information content (AvgIpc) is 2.50. The summed E-state index contributed by atoms with van der Waals surface area (Å²) in [6.45, 7) is 2.13. The number of rotatable bonds is 5. The van der Waals surface area contributed by atoms with Crippen molar-refractivity contribution in [3.8, 4) is 0 Å². The number of benzene rings is 2. The Morgan fingerprint density at radius 3 is 2.50 bits per heavy atom. The SMILES string of the molecule is C/C(=N\NCc1c(Cl)cccc1Cl)c1cccc([N+](=O)[O-])c1. The lowest BCUT2D eigenvalue weighted by atomic mass is 10.1. The van der Waals surface area contributed by atoms with Crippen LogP contribution in [0.4, 0.5) is 5.69 Å². The zero-order valence-electron chi connectivity index (χ0n) is 11.7. The Kier molecular flexibility index (Phi) is 5.35. The van der Waals surface area contributed by atoms with Gasteiger partial charge in [-0.2, -0.15) is 5.10 Å². The summed E-state index contributed by atoms with van der Waals surface area (Å²) in [5.74, 6) is 0. The number of hydrogen-bond donors (Lipinski definition) is 1. The zero-order chi connectivity index (χ0) is 16.1. The molecule has 1 N–H and O–H groups in total. The third kappa shape index (κ3) is 3.96. The van der Waals surface area contributed by atoms with E-state index in [0.717, 1.165) is 5.56 Å². The predicted molar refractivity (Wildman–Crippen MR) is 88.6 cm³/mol. The number of nitrogens with zero attached hydrogens (tertiary/aromatic N) is 2. The van der Waals surface area contributed by atoms with Crippen LogP contribution in [0.2, 0.25) is 10.0 Å². The highest BCUT2D eigenvalue weighted by Gasteiger charge is 2.08. The van der Waals surface area contributed by atoms with Crippen LogP contribution >= 0.6 is 23.2 Å². The van der Waals surface area contributed by atoms with Gasteiger partial charge in [-0.3, -0.25) is 10.1 Å². The number of nitrogens with one attached hydrogen (secondary N) is 1. The van der Waals surface area contributed by atoms with Gasteiger partial charge in [0.1, 0.15) is 0 Å². The minimum atomic E-state index is -0.437. The molecule has 7 heteroatoms. The maximum absolute atomic E-state index is 10.8. The molecule has 0 aliphatic rings. The molecule has 5 nitrogen and oxygen atoms in total. The summed E-state index contributed by atoms with van der Waals surface area (Å²) in [5, 5.41) is 16.1. The lowest BCUT2D eigenvalue weighted by Gasteiger charge is -2.07. The predicted octanol–water partition coefficient (Wildman–Crippen LogP) is 4.42. The summed E-state index contributed by atoms with van der Waals surface area (Å²) < 4.78 is 0. The molecule has 0 saturated carbocycles. The number of nitro benzene ring substituents is 1. The second kappa shape index (κ2) is 7.24. The van der Waals surface area contributed by atoms with Crippen LogP contribution in [0.5, 0.6) is 0 Å². The van der Waals surface area contributed by atoms with E-state index >= 15 is 0 Å². The standard InChI is InChI=1S/C15H13Cl2N3O2/c1-10(11-4-2-5-12(8-11)20(21)22)19-18-9-13-14(16)6-3-7-15(13)17/h2-8,18H,9H2,1H3/b19-10+. The van der Waals surface area contributed by atoms with Crippen molar-refractivity contribution in [3.05, 3.63) is 73.8 Å². The molecule has 0 aromatic heterocycles. The number of nitro groups is 1. The summed E-state index contributed by atoms with van der Waals surface area (Å²) in [5.41, 5.74) is 4.96. The lowest BCUT2D eigenvalue weighted by molar-refractivity contribution is -0.384. The van der Waals surface area contributed by atoms with Crippen LogP contribution in [0.1, 0.15) is 18.1 Å². The topological polar surface area (TPSA) is 67.5 Å². The van der Waals surface area contributed by atoms with Crippen LogP contribution in [-0.4, -0.2) is 10.6 Å². The van der Waals surface area contributed by atoms with Gasteiger partial charge in [0.25, 0.3) is 5.69 Å². The van der Waals surface area contributed by atoms with Crippen molar-refractivity contribution in [3.63, 3.8) is 0 Å². The fourth-order valence-corrected chi connectivity index (χ4v) is 2.38. The minimum Gasteiger partial charge on any atom is -0.305 e. The molecule has 0 heterocycles. The molecule has 0 radical (unpaired) electrons. The summed E-state index contributed by atoms with van der Waals surface area (Å²) in [6, 6.07) is 11.6. The van der Waals surface area contributed by atoms with Gasteiger partial charge in [0.05, 0.1) is 17.2 Å². The molecule has 0 amide bonds. The Balaban J connectivity index is 2.10. The Bertz CT molecular complexity index is 712. The van der Waals surface area contributed by atoms with Crippen molar-refractivity contribution in [2.75, 3.05) is 0 Å². The molecule has 0 saturated heterocycles.